The Morgan fingerprint density at radius 1 is 0.320 bits per heavy atom. The van der Waals surface area contributed by atoms with Crippen LogP contribution in [0.4, 0.5) is 34.9 Å². The molecule has 4 aromatic rings. The van der Waals surface area contributed by atoms with Gasteiger partial charge < -0.3 is 73.1 Å². The number of rotatable bonds is 42. The normalized spacial score (nSPS) is 10.8. The number of anilines is 6. The maximum Gasteiger partial charge on any atom is 0.233 e. The molecule has 1 aromatic heterocycles. The zero-order valence-corrected chi connectivity index (χ0v) is 44.9. The fourth-order valence-electron chi connectivity index (χ4n) is 7.34. The van der Waals surface area contributed by atoms with Gasteiger partial charge in [0.1, 0.15) is 69.2 Å². The minimum Gasteiger partial charge on any atom is -0.494 e. The Balaban J connectivity index is 1.79. The average Bonchev–Trinajstić information content (AvgIpc) is 3.34. The number of Topliss-reactive ketones (excluding diaryl/α,β-unsaturated/α-hetero) is 6. The SMILES string of the molecule is CC(=O)CCCCOc1ccc(OCCCCC(C)=O)c(Nc2nc(Nc3cc(OCCCCC(C)=O)ccc3OCCCCC(C)=O)nc(Nc3cc(OCCCCC(C)=O)ccc3OCCCCC(C)=O)n2)c1. The number of hydrogen-bond donors (Lipinski definition) is 3. The molecule has 0 aliphatic carbocycles. The van der Waals surface area contributed by atoms with Crippen LogP contribution in [0.5, 0.6) is 34.5 Å². The summed E-state index contributed by atoms with van der Waals surface area (Å²) in [4.78, 5) is 84.2. The van der Waals surface area contributed by atoms with E-state index >= 15 is 0 Å². The van der Waals surface area contributed by atoms with Crippen LogP contribution in [0.15, 0.2) is 54.6 Å². The predicted octanol–water partition coefficient (Wildman–Crippen LogP) is 11.9. The van der Waals surface area contributed by atoms with Gasteiger partial charge in [0.2, 0.25) is 17.8 Å². The molecule has 0 aliphatic heterocycles. The lowest BCUT2D eigenvalue weighted by Gasteiger charge is -2.18. The van der Waals surface area contributed by atoms with E-state index in [1.807, 2.05) is 0 Å². The van der Waals surface area contributed by atoms with Gasteiger partial charge in [0, 0.05) is 56.7 Å². The second-order valence-electron chi connectivity index (χ2n) is 18.7. The standard InChI is InChI=1S/C57H78N6O12/c1-40(64)19-7-13-31-70-46-25-28-52(73-34-16-10-22-43(4)67)49(37-46)58-55-61-56(59-50-38-47(71-32-14-8-20-41(2)65)26-29-53(50)74-35-17-11-23-44(5)68)63-57(62-55)60-51-39-48(72-33-15-9-21-42(3)66)27-30-54(51)75-36-18-12-24-45(6)69/h25-30,37-39H,7-24,31-36H2,1-6H3,(H3,58,59,60,61,62,63). The summed E-state index contributed by atoms with van der Waals surface area (Å²) in [5.74, 6) is 4.07. The Bertz CT molecular complexity index is 2190. The van der Waals surface area contributed by atoms with Crippen molar-refractivity contribution in [1.29, 1.82) is 0 Å². The van der Waals surface area contributed by atoms with Crippen molar-refractivity contribution in [3.63, 3.8) is 0 Å². The Morgan fingerprint density at radius 3 is 0.747 bits per heavy atom. The highest BCUT2D eigenvalue weighted by atomic mass is 16.5. The van der Waals surface area contributed by atoms with E-state index in [0.717, 1.165) is 0 Å². The molecule has 75 heavy (non-hydrogen) atoms. The molecule has 18 nitrogen and oxygen atoms in total. The molecule has 0 saturated carbocycles. The first kappa shape index (κ1) is 60.4. The molecule has 18 heteroatoms. The summed E-state index contributed by atoms with van der Waals surface area (Å²) >= 11 is 0. The van der Waals surface area contributed by atoms with Crippen molar-refractivity contribution in [2.75, 3.05) is 55.6 Å². The second kappa shape index (κ2) is 34.4. The smallest absolute Gasteiger partial charge is 0.233 e. The van der Waals surface area contributed by atoms with Gasteiger partial charge in [0.25, 0.3) is 0 Å². The number of unbranched alkanes of at least 4 members (excludes halogenated alkanes) is 6. The van der Waals surface area contributed by atoms with Crippen LogP contribution in [0.3, 0.4) is 0 Å². The van der Waals surface area contributed by atoms with E-state index in [1.165, 1.54) is 0 Å². The lowest BCUT2D eigenvalue weighted by Crippen LogP contribution is -2.10. The van der Waals surface area contributed by atoms with Crippen LogP contribution < -0.4 is 44.4 Å². The maximum absolute atomic E-state index is 11.7. The lowest BCUT2D eigenvalue weighted by molar-refractivity contribution is -0.118. The van der Waals surface area contributed by atoms with Crippen LogP contribution >= 0.6 is 0 Å². The van der Waals surface area contributed by atoms with Gasteiger partial charge in [-0.2, -0.15) is 15.0 Å². The highest BCUT2D eigenvalue weighted by Gasteiger charge is 2.17. The first-order valence-electron chi connectivity index (χ1n) is 26.4. The number of aromatic nitrogens is 3. The number of hydrogen-bond acceptors (Lipinski definition) is 18. The highest BCUT2D eigenvalue weighted by molar-refractivity contribution is 5.77. The number of benzene rings is 3. The molecule has 0 bridgehead atoms. The average molecular weight is 1040 g/mol. The van der Waals surface area contributed by atoms with Gasteiger partial charge in [0.05, 0.1) is 56.7 Å². The minimum absolute atomic E-state index is 0.101. The largest absolute Gasteiger partial charge is 0.494 e. The van der Waals surface area contributed by atoms with Crippen LogP contribution in [-0.4, -0.2) is 89.3 Å². The van der Waals surface area contributed by atoms with Crippen molar-refractivity contribution in [1.82, 2.24) is 15.0 Å². The fourth-order valence-corrected chi connectivity index (χ4v) is 7.34. The van der Waals surface area contributed by atoms with Crippen molar-refractivity contribution in [2.45, 2.75) is 157 Å². The third-order valence-electron chi connectivity index (χ3n) is 11.3. The molecule has 0 radical (unpaired) electrons. The van der Waals surface area contributed by atoms with Crippen molar-refractivity contribution >= 4 is 69.6 Å². The fraction of sp³-hybridized carbons (Fsp3) is 0.526. The Morgan fingerprint density at radius 2 is 0.533 bits per heavy atom. The summed E-state index contributed by atoms with van der Waals surface area (Å²) in [6.45, 7) is 11.6. The third-order valence-corrected chi connectivity index (χ3v) is 11.3. The van der Waals surface area contributed by atoms with Gasteiger partial charge in [-0.05, 0) is 155 Å². The van der Waals surface area contributed by atoms with Crippen LogP contribution in [-0.2, 0) is 28.8 Å². The third kappa shape index (κ3) is 26.1. The molecule has 408 valence electrons. The summed E-state index contributed by atoms with van der Waals surface area (Å²) in [7, 11) is 0. The van der Waals surface area contributed by atoms with Crippen molar-refractivity contribution in [3.8, 4) is 34.5 Å². The topological polar surface area (TPSA) is 233 Å². The Kier molecular flexibility index (Phi) is 27.7. The second-order valence-corrected chi connectivity index (χ2v) is 18.7. The van der Waals surface area contributed by atoms with Crippen LogP contribution in [0.1, 0.15) is 157 Å². The summed E-state index contributed by atoms with van der Waals surface area (Å²) in [5, 5.41) is 10.0. The summed E-state index contributed by atoms with van der Waals surface area (Å²) in [5.41, 5.74) is 1.45. The number of ketones is 6. The van der Waals surface area contributed by atoms with Gasteiger partial charge in [0.15, 0.2) is 0 Å². The van der Waals surface area contributed by atoms with Crippen LogP contribution in [0, 0.1) is 0 Å². The molecule has 3 N–H and O–H groups in total. The first-order chi connectivity index (χ1) is 36.1. The molecule has 0 fully saturated rings. The van der Waals surface area contributed by atoms with Crippen LogP contribution in [0.2, 0.25) is 0 Å². The molecule has 0 aliphatic rings. The van der Waals surface area contributed by atoms with Crippen molar-refractivity contribution in [3.05, 3.63) is 54.6 Å². The molecule has 1 heterocycles. The van der Waals surface area contributed by atoms with Gasteiger partial charge in [-0.1, -0.05) is 0 Å². The summed E-state index contributed by atoms with van der Waals surface area (Å²) in [6.07, 6.45) is 10.9. The number of carbonyl (C=O) groups is 6. The molecular weight excluding hydrogens is 961 g/mol. The van der Waals surface area contributed by atoms with E-state index in [0.29, 0.717) is 207 Å². The molecule has 0 unspecified atom stereocenters. The van der Waals surface area contributed by atoms with E-state index in [9.17, 15) is 28.8 Å². The molecule has 0 saturated heterocycles. The molecule has 4 rings (SSSR count). The monoisotopic (exact) mass is 1040 g/mol. The van der Waals surface area contributed by atoms with E-state index in [1.54, 1.807) is 96.1 Å². The number of carbonyl (C=O) groups excluding carboxylic acids is 6. The van der Waals surface area contributed by atoms with E-state index in [4.69, 9.17) is 43.4 Å². The van der Waals surface area contributed by atoms with E-state index in [2.05, 4.69) is 16.0 Å². The summed E-state index contributed by atoms with van der Waals surface area (Å²) < 4.78 is 37.2. The Labute approximate surface area is 442 Å². The quantitative estimate of drug-likeness (QED) is 0.0350. The maximum atomic E-state index is 11.7. The number of nitrogens with zero attached hydrogens (tertiary/aromatic N) is 3. The minimum atomic E-state index is 0.101. The van der Waals surface area contributed by atoms with Crippen molar-refractivity contribution < 1.29 is 57.2 Å². The molecule has 0 amide bonds. The van der Waals surface area contributed by atoms with E-state index < -0.39 is 0 Å². The predicted molar refractivity (Wildman–Crippen MR) is 289 cm³/mol. The van der Waals surface area contributed by atoms with Crippen molar-refractivity contribution in [2.24, 2.45) is 0 Å². The molecule has 0 spiro atoms. The number of ether oxygens (including phenoxy) is 6. The van der Waals surface area contributed by atoms with Crippen LogP contribution in [0.25, 0.3) is 0 Å². The molecule has 3 aromatic carbocycles. The van der Waals surface area contributed by atoms with Gasteiger partial charge >= 0.3 is 0 Å². The molecular formula is C57H78N6O12. The van der Waals surface area contributed by atoms with Gasteiger partial charge in [-0.15, -0.1) is 0 Å². The molecule has 0 atom stereocenters. The van der Waals surface area contributed by atoms with Gasteiger partial charge in [-0.25, -0.2) is 0 Å². The highest BCUT2D eigenvalue weighted by Crippen LogP contribution is 2.36. The zero-order valence-electron chi connectivity index (χ0n) is 44.9. The zero-order chi connectivity index (χ0) is 54.2. The Hall–Kier alpha value is -7.11. The number of nitrogens with one attached hydrogen (secondary N) is 3. The van der Waals surface area contributed by atoms with Gasteiger partial charge in [-0.3, -0.25) is 0 Å². The first-order valence-corrected chi connectivity index (χ1v) is 26.4. The van der Waals surface area contributed by atoms with E-state index in [-0.39, 0.29) is 52.5 Å². The lowest BCUT2D eigenvalue weighted by atomic mass is 10.2. The summed E-state index contributed by atoms with van der Waals surface area (Å²) in [6, 6.07) is 16.1.